The molecule has 0 bridgehead atoms. The monoisotopic (exact) mass is 381 g/mol. The van der Waals surface area contributed by atoms with Gasteiger partial charge >= 0.3 is 0 Å². The van der Waals surface area contributed by atoms with Crippen LogP contribution < -0.4 is 11.1 Å². The minimum Gasteiger partial charge on any atom is -0.381 e. The van der Waals surface area contributed by atoms with Crippen molar-refractivity contribution in [1.82, 2.24) is 10.2 Å². The van der Waals surface area contributed by atoms with E-state index in [0.29, 0.717) is 12.5 Å². The first kappa shape index (κ1) is 22.0. The van der Waals surface area contributed by atoms with Gasteiger partial charge in [0, 0.05) is 31.2 Å². The molecule has 0 spiro atoms. The molecule has 0 aromatic heterocycles. The van der Waals surface area contributed by atoms with Crippen LogP contribution in [0.4, 0.5) is 0 Å². The molecule has 2 aliphatic heterocycles. The highest BCUT2D eigenvalue weighted by Crippen LogP contribution is 2.33. The molecular formula is C17H33Cl2N3O2. The largest absolute Gasteiger partial charge is 0.381 e. The molecule has 1 saturated carbocycles. The first-order chi connectivity index (χ1) is 10.7. The maximum Gasteiger partial charge on any atom is 0.223 e. The second-order valence-corrected chi connectivity index (χ2v) is 7.28. The van der Waals surface area contributed by atoms with Crippen LogP contribution in [0.1, 0.15) is 44.9 Å². The van der Waals surface area contributed by atoms with Crippen LogP contribution in [-0.2, 0) is 9.53 Å². The highest BCUT2D eigenvalue weighted by Gasteiger charge is 2.41. The van der Waals surface area contributed by atoms with Crippen molar-refractivity contribution in [3.63, 3.8) is 0 Å². The number of amides is 1. The fourth-order valence-electron chi connectivity index (χ4n) is 4.59. The Morgan fingerprint density at radius 1 is 1.12 bits per heavy atom. The Kier molecular flexibility index (Phi) is 9.31. The number of halogens is 2. The van der Waals surface area contributed by atoms with Gasteiger partial charge in [-0.05, 0) is 64.1 Å². The van der Waals surface area contributed by atoms with E-state index in [1.165, 1.54) is 25.9 Å². The van der Waals surface area contributed by atoms with Gasteiger partial charge in [-0.3, -0.25) is 9.69 Å². The summed E-state index contributed by atoms with van der Waals surface area (Å²) in [7, 11) is 0. The third-order valence-electron chi connectivity index (χ3n) is 6.09. The molecule has 3 fully saturated rings. The molecule has 1 aliphatic carbocycles. The third-order valence-corrected chi connectivity index (χ3v) is 6.09. The zero-order valence-corrected chi connectivity index (χ0v) is 16.1. The molecule has 3 aliphatic rings. The number of nitrogens with zero attached hydrogens (tertiary/aromatic N) is 1. The number of rotatable bonds is 5. The van der Waals surface area contributed by atoms with E-state index in [4.69, 9.17) is 10.5 Å². The summed E-state index contributed by atoms with van der Waals surface area (Å²) < 4.78 is 5.57. The number of carbonyl (C=O) groups excluding carboxylic acids is 1. The highest BCUT2D eigenvalue weighted by molar-refractivity contribution is 5.85. The lowest BCUT2D eigenvalue weighted by atomic mass is 9.87. The van der Waals surface area contributed by atoms with Gasteiger partial charge in [0.15, 0.2) is 0 Å². The van der Waals surface area contributed by atoms with E-state index in [1.54, 1.807) is 0 Å². The molecule has 2 heterocycles. The zero-order valence-electron chi connectivity index (χ0n) is 14.5. The Bertz CT molecular complexity index is 386. The molecule has 7 heteroatoms. The lowest BCUT2D eigenvalue weighted by Crippen LogP contribution is -2.58. The number of likely N-dealkylation sites (tertiary alicyclic amines) is 1. The zero-order chi connectivity index (χ0) is 15.4. The Morgan fingerprint density at radius 2 is 1.79 bits per heavy atom. The molecule has 3 rings (SSSR count). The third kappa shape index (κ3) is 4.76. The fraction of sp³-hybridized carbons (Fsp3) is 0.941. The summed E-state index contributed by atoms with van der Waals surface area (Å²) in [5.74, 6) is 0.760. The van der Waals surface area contributed by atoms with Gasteiger partial charge in [-0.1, -0.05) is 6.42 Å². The van der Waals surface area contributed by atoms with Crippen molar-refractivity contribution in [2.75, 3.05) is 39.4 Å². The minimum atomic E-state index is 0. The second kappa shape index (κ2) is 10.2. The smallest absolute Gasteiger partial charge is 0.223 e. The Labute approximate surface area is 158 Å². The van der Waals surface area contributed by atoms with Gasteiger partial charge in [0.2, 0.25) is 5.91 Å². The van der Waals surface area contributed by atoms with Gasteiger partial charge in [-0.2, -0.15) is 0 Å². The van der Waals surface area contributed by atoms with Crippen LogP contribution in [0.5, 0.6) is 0 Å². The molecule has 3 N–H and O–H groups in total. The molecule has 142 valence electrons. The number of nitrogens with one attached hydrogen (secondary N) is 1. The minimum absolute atomic E-state index is 0. The topological polar surface area (TPSA) is 67.6 Å². The van der Waals surface area contributed by atoms with Crippen LogP contribution in [-0.4, -0.2) is 55.7 Å². The van der Waals surface area contributed by atoms with Gasteiger partial charge < -0.3 is 15.8 Å². The molecule has 2 atom stereocenters. The molecule has 5 nitrogen and oxygen atoms in total. The van der Waals surface area contributed by atoms with Gasteiger partial charge in [0.25, 0.3) is 0 Å². The van der Waals surface area contributed by atoms with Crippen molar-refractivity contribution < 1.29 is 9.53 Å². The average molecular weight is 382 g/mol. The van der Waals surface area contributed by atoms with Crippen LogP contribution in [0.15, 0.2) is 0 Å². The van der Waals surface area contributed by atoms with Crippen LogP contribution >= 0.6 is 24.8 Å². The number of carbonyl (C=O) groups is 1. The van der Waals surface area contributed by atoms with E-state index >= 15 is 0 Å². The first-order valence-corrected chi connectivity index (χ1v) is 9.06. The lowest BCUT2D eigenvalue weighted by molar-refractivity contribution is -0.127. The number of hydrogen-bond donors (Lipinski definition) is 2. The predicted octanol–water partition coefficient (Wildman–Crippen LogP) is 1.97. The normalized spacial score (nSPS) is 29.5. The summed E-state index contributed by atoms with van der Waals surface area (Å²) in [5, 5.41) is 3.28. The quantitative estimate of drug-likeness (QED) is 0.763. The maximum absolute atomic E-state index is 12.6. The Hall–Kier alpha value is -0.0700. The highest BCUT2D eigenvalue weighted by atomic mass is 35.5. The summed E-state index contributed by atoms with van der Waals surface area (Å²) in [6.07, 6.45) is 7.91. The van der Waals surface area contributed by atoms with Crippen molar-refractivity contribution >= 4 is 30.7 Å². The van der Waals surface area contributed by atoms with Crippen molar-refractivity contribution in [1.29, 1.82) is 0 Å². The van der Waals surface area contributed by atoms with E-state index in [2.05, 4.69) is 10.2 Å². The van der Waals surface area contributed by atoms with Crippen LogP contribution in [0.2, 0.25) is 0 Å². The fourth-order valence-corrected chi connectivity index (χ4v) is 4.59. The molecule has 0 aromatic rings. The van der Waals surface area contributed by atoms with Crippen molar-refractivity contribution in [2.45, 2.75) is 50.5 Å². The molecule has 0 radical (unpaired) electrons. The Morgan fingerprint density at radius 3 is 2.42 bits per heavy atom. The van der Waals surface area contributed by atoms with Crippen molar-refractivity contribution in [2.24, 2.45) is 17.6 Å². The van der Waals surface area contributed by atoms with Gasteiger partial charge in [-0.25, -0.2) is 0 Å². The van der Waals surface area contributed by atoms with Crippen LogP contribution in [0.3, 0.4) is 0 Å². The van der Waals surface area contributed by atoms with Crippen molar-refractivity contribution in [3.05, 3.63) is 0 Å². The Balaban J connectivity index is 0.00000144. The summed E-state index contributed by atoms with van der Waals surface area (Å²) in [6.45, 7) is 5.41. The molecule has 24 heavy (non-hydrogen) atoms. The summed E-state index contributed by atoms with van der Waals surface area (Å²) in [4.78, 5) is 15.2. The van der Waals surface area contributed by atoms with Crippen molar-refractivity contribution in [3.8, 4) is 0 Å². The SMILES string of the molecule is Cl.Cl.NC[C@H]1CCC[C@H]1C(=O)NCC1(N2CCCC2)CCOCC1. The first-order valence-electron chi connectivity index (χ1n) is 9.06. The van der Waals surface area contributed by atoms with Gasteiger partial charge in [0.1, 0.15) is 0 Å². The van der Waals surface area contributed by atoms with E-state index in [-0.39, 0.29) is 42.2 Å². The standard InChI is InChI=1S/C17H31N3O2.2ClH/c18-12-14-4-3-5-15(14)16(21)19-13-17(6-10-22-11-7-17)20-8-1-2-9-20;;/h14-15H,1-13,18H2,(H,19,21);2*1H/t14-,15-;;/m1../s1. The molecule has 0 unspecified atom stereocenters. The number of hydrogen-bond acceptors (Lipinski definition) is 4. The lowest BCUT2D eigenvalue weighted by Gasteiger charge is -2.45. The van der Waals surface area contributed by atoms with E-state index in [9.17, 15) is 4.79 Å². The summed E-state index contributed by atoms with van der Waals surface area (Å²) in [6, 6.07) is 0. The van der Waals surface area contributed by atoms with Gasteiger partial charge in [0.05, 0.1) is 0 Å². The number of nitrogens with two attached hydrogens (primary N) is 1. The number of ether oxygens (including phenoxy) is 1. The van der Waals surface area contributed by atoms with Crippen LogP contribution in [0, 0.1) is 11.8 Å². The van der Waals surface area contributed by atoms with E-state index in [0.717, 1.165) is 51.9 Å². The predicted molar refractivity (Wildman–Crippen MR) is 101 cm³/mol. The molecule has 0 aromatic carbocycles. The van der Waals surface area contributed by atoms with Crippen LogP contribution in [0.25, 0.3) is 0 Å². The summed E-state index contributed by atoms with van der Waals surface area (Å²) >= 11 is 0. The van der Waals surface area contributed by atoms with E-state index < -0.39 is 0 Å². The maximum atomic E-state index is 12.6. The second-order valence-electron chi connectivity index (χ2n) is 7.28. The molecule has 2 saturated heterocycles. The molecular weight excluding hydrogens is 349 g/mol. The average Bonchev–Trinajstić information content (AvgIpc) is 3.24. The van der Waals surface area contributed by atoms with E-state index in [1.807, 2.05) is 0 Å². The molecule has 1 amide bonds. The van der Waals surface area contributed by atoms with Gasteiger partial charge in [-0.15, -0.1) is 24.8 Å². The summed E-state index contributed by atoms with van der Waals surface area (Å²) in [5.41, 5.74) is 5.95.